The molecule has 0 aliphatic carbocycles. The molecule has 19 heavy (non-hydrogen) atoms. The summed E-state index contributed by atoms with van der Waals surface area (Å²) in [6.45, 7) is 0. The highest BCUT2D eigenvalue weighted by Crippen LogP contribution is 2.18. The molecule has 2 heterocycles. The zero-order valence-electron chi connectivity index (χ0n) is 10.00. The van der Waals surface area contributed by atoms with Crippen LogP contribution in [0.2, 0.25) is 0 Å². The number of para-hydroxylation sites is 2. The molecule has 1 aliphatic rings. The van der Waals surface area contributed by atoms with Gasteiger partial charge in [0.2, 0.25) is 0 Å². The predicted octanol–water partition coefficient (Wildman–Crippen LogP) is 1.26. The van der Waals surface area contributed by atoms with Crippen molar-refractivity contribution in [2.75, 3.05) is 0 Å². The zero-order chi connectivity index (χ0) is 12.8. The molecule has 0 spiro atoms. The molecule has 3 aromatic rings. The minimum absolute atomic E-state index is 0.198. The summed E-state index contributed by atoms with van der Waals surface area (Å²) in [5.41, 5.74) is 1.57. The summed E-state index contributed by atoms with van der Waals surface area (Å²) in [7, 11) is 0. The van der Waals surface area contributed by atoms with Crippen LogP contribution in [0, 0.1) is 6.07 Å². The van der Waals surface area contributed by atoms with Gasteiger partial charge in [0.1, 0.15) is 5.70 Å². The predicted molar refractivity (Wildman–Crippen MR) is 71.8 cm³/mol. The van der Waals surface area contributed by atoms with Crippen LogP contribution in [-0.4, -0.2) is 10.5 Å². The number of fused-ring (bicyclic) bond motifs is 2. The number of nitrogens with zero attached hydrogens (tertiary/aromatic N) is 2. The Hall–Kier alpha value is -2.68. The summed E-state index contributed by atoms with van der Waals surface area (Å²) in [5, 5.41) is 2.61. The van der Waals surface area contributed by atoms with E-state index >= 15 is 0 Å². The largest absolute Gasteiger partial charge is 0.310 e. The number of aromatic nitrogens is 1. The van der Waals surface area contributed by atoms with Crippen molar-refractivity contribution in [3.05, 3.63) is 71.4 Å². The maximum atomic E-state index is 12.1. The first-order valence-corrected chi connectivity index (χ1v) is 6.05. The van der Waals surface area contributed by atoms with Gasteiger partial charge in [-0.1, -0.05) is 36.4 Å². The third-order valence-electron chi connectivity index (χ3n) is 3.34. The molecule has 0 saturated carbocycles. The summed E-state index contributed by atoms with van der Waals surface area (Å²) < 4.78 is 1.87. The quantitative estimate of drug-likeness (QED) is 0.635. The lowest BCUT2D eigenvalue weighted by atomic mass is 10.2. The van der Waals surface area contributed by atoms with Gasteiger partial charge in [-0.3, -0.25) is 4.79 Å². The number of carbonyl (C=O) groups is 1. The van der Waals surface area contributed by atoms with Crippen molar-refractivity contribution in [1.82, 2.24) is 4.57 Å². The second-order valence-electron chi connectivity index (χ2n) is 4.44. The Morgan fingerprint density at radius 2 is 1.79 bits per heavy atom. The number of benzene rings is 2. The van der Waals surface area contributed by atoms with Crippen LogP contribution in [-0.2, 0) is 4.79 Å². The van der Waals surface area contributed by atoms with Gasteiger partial charge < -0.3 is 4.57 Å². The second-order valence-corrected chi connectivity index (χ2v) is 4.44. The van der Waals surface area contributed by atoms with E-state index in [1.54, 1.807) is 6.20 Å². The van der Waals surface area contributed by atoms with Crippen LogP contribution < -0.4 is 10.6 Å². The zero-order valence-corrected chi connectivity index (χ0v) is 10.00. The van der Waals surface area contributed by atoms with Crippen molar-refractivity contribution < 1.29 is 4.79 Å². The summed E-state index contributed by atoms with van der Waals surface area (Å²) in [4.78, 5) is 16.2. The van der Waals surface area contributed by atoms with Crippen molar-refractivity contribution >= 4 is 22.5 Å². The van der Waals surface area contributed by atoms with Gasteiger partial charge >= 0.3 is 0 Å². The molecule has 0 fully saturated rings. The SMILES string of the molecule is O=C1N=c2ccccc2=C1n1c[c]c2ccccc21. The van der Waals surface area contributed by atoms with Crippen LogP contribution >= 0.6 is 0 Å². The van der Waals surface area contributed by atoms with Crippen molar-refractivity contribution in [2.45, 2.75) is 0 Å². The van der Waals surface area contributed by atoms with E-state index in [1.807, 2.05) is 53.1 Å². The summed E-state index contributed by atoms with van der Waals surface area (Å²) >= 11 is 0. The van der Waals surface area contributed by atoms with E-state index in [0.29, 0.717) is 5.70 Å². The Morgan fingerprint density at radius 1 is 1.00 bits per heavy atom. The number of carbonyl (C=O) groups excluding carboxylic acids is 1. The highest BCUT2D eigenvalue weighted by Gasteiger charge is 2.19. The third-order valence-corrected chi connectivity index (χ3v) is 3.34. The first-order chi connectivity index (χ1) is 9.34. The molecule has 3 heteroatoms. The van der Waals surface area contributed by atoms with E-state index in [2.05, 4.69) is 11.1 Å². The molecule has 0 N–H and O–H groups in total. The van der Waals surface area contributed by atoms with E-state index < -0.39 is 0 Å². The van der Waals surface area contributed by atoms with Crippen molar-refractivity contribution in [3.63, 3.8) is 0 Å². The normalized spacial score (nSPS) is 13.7. The fourth-order valence-corrected chi connectivity index (χ4v) is 2.48. The summed E-state index contributed by atoms with van der Waals surface area (Å²) in [6, 6.07) is 18.6. The maximum absolute atomic E-state index is 12.1. The molecule has 0 saturated heterocycles. The van der Waals surface area contributed by atoms with Crippen LogP contribution in [0.25, 0.3) is 16.6 Å². The Bertz CT molecular complexity index is 935. The van der Waals surface area contributed by atoms with Gasteiger partial charge in [0.15, 0.2) is 0 Å². The first-order valence-electron chi connectivity index (χ1n) is 6.05. The maximum Gasteiger partial charge on any atom is 0.295 e. The number of amides is 1. The molecule has 89 valence electrons. The van der Waals surface area contributed by atoms with Gasteiger partial charge in [0.05, 0.1) is 10.9 Å². The molecule has 1 amide bonds. The van der Waals surface area contributed by atoms with Crippen LogP contribution in [0.5, 0.6) is 0 Å². The topological polar surface area (TPSA) is 34.4 Å². The number of hydrogen-bond acceptors (Lipinski definition) is 1. The average molecular weight is 245 g/mol. The van der Waals surface area contributed by atoms with Gasteiger partial charge in [0.25, 0.3) is 5.91 Å². The van der Waals surface area contributed by atoms with E-state index in [-0.39, 0.29) is 5.91 Å². The average Bonchev–Trinajstić information content (AvgIpc) is 2.98. The van der Waals surface area contributed by atoms with Crippen LogP contribution in [0.3, 0.4) is 0 Å². The molecule has 3 nitrogen and oxygen atoms in total. The number of hydrogen-bond donors (Lipinski definition) is 0. The molecule has 2 aromatic carbocycles. The Kier molecular flexibility index (Phi) is 1.97. The molecule has 0 bridgehead atoms. The second kappa shape index (κ2) is 3.65. The lowest BCUT2D eigenvalue weighted by molar-refractivity contribution is -0.112. The molecule has 1 aliphatic heterocycles. The minimum Gasteiger partial charge on any atom is -0.310 e. The fourth-order valence-electron chi connectivity index (χ4n) is 2.48. The first kappa shape index (κ1) is 10.3. The molecule has 0 atom stereocenters. The van der Waals surface area contributed by atoms with E-state index in [9.17, 15) is 4.79 Å². The van der Waals surface area contributed by atoms with Crippen LogP contribution in [0.1, 0.15) is 0 Å². The Labute approximate surface area is 109 Å². The summed E-state index contributed by atoms with van der Waals surface area (Å²) in [6.07, 6.45) is 1.80. The van der Waals surface area contributed by atoms with Gasteiger partial charge in [-0.25, -0.2) is 4.99 Å². The van der Waals surface area contributed by atoms with E-state index in [0.717, 1.165) is 21.5 Å². The Balaban J connectivity index is 2.15. The van der Waals surface area contributed by atoms with Crippen molar-refractivity contribution in [3.8, 4) is 0 Å². The third kappa shape index (κ3) is 1.38. The van der Waals surface area contributed by atoms with Crippen LogP contribution in [0.4, 0.5) is 0 Å². The van der Waals surface area contributed by atoms with Gasteiger partial charge in [0, 0.05) is 22.9 Å². The van der Waals surface area contributed by atoms with E-state index in [1.165, 1.54) is 0 Å². The molecule has 1 radical (unpaired) electrons. The van der Waals surface area contributed by atoms with Crippen LogP contribution in [0.15, 0.2) is 59.7 Å². The Morgan fingerprint density at radius 3 is 2.74 bits per heavy atom. The van der Waals surface area contributed by atoms with Crippen molar-refractivity contribution in [1.29, 1.82) is 0 Å². The van der Waals surface area contributed by atoms with Gasteiger partial charge in [-0.15, -0.1) is 0 Å². The smallest absolute Gasteiger partial charge is 0.295 e. The molecular formula is C16H9N2O. The number of rotatable bonds is 1. The molecular weight excluding hydrogens is 236 g/mol. The monoisotopic (exact) mass is 245 g/mol. The highest BCUT2D eigenvalue weighted by atomic mass is 16.1. The van der Waals surface area contributed by atoms with E-state index in [4.69, 9.17) is 0 Å². The van der Waals surface area contributed by atoms with Gasteiger partial charge in [-0.2, -0.15) is 0 Å². The molecule has 0 unspecified atom stereocenters. The van der Waals surface area contributed by atoms with Crippen molar-refractivity contribution in [2.24, 2.45) is 4.99 Å². The minimum atomic E-state index is -0.198. The fraction of sp³-hybridized carbons (Fsp3) is 0. The van der Waals surface area contributed by atoms with Gasteiger partial charge in [-0.05, 0) is 12.1 Å². The lowest BCUT2D eigenvalue weighted by Gasteiger charge is -2.04. The molecule has 1 aromatic heterocycles. The highest BCUT2D eigenvalue weighted by molar-refractivity contribution is 6.16. The molecule has 4 rings (SSSR count). The summed E-state index contributed by atoms with van der Waals surface area (Å²) in [5.74, 6) is -0.198. The standard InChI is InChI=1S/C16H9N2O/c19-16-15(12-6-2-3-7-13(12)17-16)18-10-9-11-5-1-4-8-14(11)18/h1-8,10H. The lowest BCUT2D eigenvalue weighted by Crippen LogP contribution is -2.24.